The quantitative estimate of drug-likeness (QED) is 0.579. The molecule has 0 heterocycles. The smallest absolute Gasteiger partial charge is 0.303 e. The van der Waals surface area contributed by atoms with Gasteiger partial charge in [-0.2, -0.15) is 0 Å². The molecule has 3 nitrogen and oxygen atoms in total. The van der Waals surface area contributed by atoms with Gasteiger partial charge in [0, 0.05) is 12.8 Å². The number of hydrogen-bond acceptors (Lipinski definition) is 3. The molecule has 0 saturated heterocycles. The number of ether oxygens (including phenoxy) is 1. The molecule has 0 aromatic heterocycles. The summed E-state index contributed by atoms with van der Waals surface area (Å²) in [5.41, 5.74) is 0. The molecule has 0 fully saturated rings. The summed E-state index contributed by atoms with van der Waals surface area (Å²) in [4.78, 5) is 21.5. The highest BCUT2D eigenvalue weighted by Crippen LogP contribution is 2.02. The van der Waals surface area contributed by atoms with Crippen LogP contribution in [0.15, 0.2) is 0 Å². The molecule has 11 heavy (non-hydrogen) atoms. The first kappa shape index (κ1) is 10.1. The summed E-state index contributed by atoms with van der Waals surface area (Å²) in [6, 6.07) is 0. The van der Waals surface area contributed by atoms with Crippen LogP contribution in [0.1, 0.15) is 27.7 Å². The van der Waals surface area contributed by atoms with Crippen molar-refractivity contribution in [3.63, 3.8) is 0 Å². The Morgan fingerprint density at radius 3 is 1.91 bits per heavy atom. The van der Waals surface area contributed by atoms with Gasteiger partial charge in [0.05, 0.1) is 0 Å². The topological polar surface area (TPSA) is 43.4 Å². The number of carbonyl (C=O) groups excluding carboxylic acids is 2. The van der Waals surface area contributed by atoms with Crippen molar-refractivity contribution < 1.29 is 14.3 Å². The van der Waals surface area contributed by atoms with Gasteiger partial charge in [0.15, 0.2) is 11.9 Å². The molecule has 0 aromatic rings. The summed E-state index contributed by atoms with van der Waals surface area (Å²) in [6.07, 6.45) is -0.604. The number of rotatable bonds is 3. The van der Waals surface area contributed by atoms with E-state index in [0.29, 0.717) is 0 Å². The summed E-state index contributed by atoms with van der Waals surface area (Å²) in [5, 5.41) is 0. The third kappa shape index (κ3) is 3.75. The molecule has 1 atom stereocenters. The van der Waals surface area contributed by atoms with Crippen LogP contribution in [0.5, 0.6) is 0 Å². The standard InChI is InChI=1S/C8H14O3/c1-5(2)8(10)6(3)11-7(4)9/h5-6H,1-4H3/t6-/m0/s1. The molecule has 0 unspecified atom stereocenters. The molecule has 0 spiro atoms. The second kappa shape index (κ2) is 4.11. The van der Waals surface area contributed by atoms with Gasteiger partial charge in [0.25, 0.3) is 0 Å². The van der Waals surface area contributed by atoms with Crippen molar-refractivity contribution in [2.24, 2.45) is 5.92 Å². The van der Waals surface area contributed by atoms with E-state index < -0.39 is 12.1 Å². The summed E-state index contributed by atoms with van der Waals surface area (Å²) in [6.45, 7) is 6.44. The molecule has 0 aromatic carbocycles. The Morgan fingerprint density at radius 1 is 1.18 bits per heavy atom. The zero-order valence-electron chi connectivity index (χ0n) is 7.38. The monoisotopic (exact) mass is 158 g/mol. The van der Waals surface area contributed by atoms with Crippen LogP contribution in [0.4, 0.5) is 0 Å². The zero-order valence-corrected chi connectivity index (χ0v) is 7.38. The fraction of sp³-hybridized carbons (Fsp3) is 0.750. The number of Topliss-reactive ketones (excluding diaryl/α,β-unsaturated/α-hetero) is 1. The molecule has 0 aliphatic rings. The molecule has 0 amide bonds. The molecular formula is C8H14O3. The van der Waals surface area contributed by atoms with Crippen LogP contribution in [0.3, 0.4) is 0 Å². The molecule has 0 rings (SSSR count). The van der Waals surface area contributed by atoms with Crippen LogP contribution in [-0.4, -0.2) is 17.9 Å². The summed E-state index contributed by atoms with van der Waals surface area (Å²) < 4.78 is 4.68. The Kier molecular flexibility index (Phi) is 3.79. The zero-order chi connectivity index (χ0) is 9.02. The van der Waals surface area contributed by atoms with E-state index in [-0.39, 0.29) is 11.7 Å². The molecule has 0 bridgehead atoms. The minimum atomic E-state index is -0.604. The van der Waals surface area contributed by atoms with Gasteiger partial charge in [-0.05, 0) is 6.92 Å². The number of carbonyl (C=O) groups is 2. The number of hydrogen-bond donors (Lipinski definition) is 0. The lowest BCUT2D eigenvalue weighted by molar-refractivity contribution is -0.152. The normalized spacial score (nSPS) is 12.8. The highest BCUT2D eigenvalue weighted by Gasteiger charge is 2.18. The minimum absolute atomic E-state index is 0.0415. The van der Waals surface area contributed by atoms with Crippen LogP contribution >= 0.6 is 0 Å². The molecule has 0 radical (unpaired) electrons. The molecule has 0 saturated carbocycles. The van der Waals surface area contributed by atoms with Gasteiger partial charge >= 0.3 is 5.97 Å². The predicted molar refractivity (Wildman–Crippen MR) is 41.1 cm³/mol. The van der Waals surface area contributed by atoms with Crippen LogP contribution < -0.4 is 0 Å². The summed E-state index contributed by atoms with van der Waals surface area (Å²) in [5.74, 6) is -0.531. The fourth-order valence-corrected chi connectivity index (χ4v) is 0.776. The van der Waals surface area contributed by atoms with E-state index in [1.54, 1.807) is 20.8 Å². The van der Waals surface area contributed by atoms with Gasteiger partial charge in [-0.15, -0.1) is 0 Å². The van der Waals surface area contributed by atoms with Gasteiger partial charge in [-0.25, -0.2) is 0 Å². The first-order chi connectivity index (χ1) is 4.95. The Hall–Kier alpha value is -0.860. The van der Waals surface area contributed by atoms with E-state index in [0.717, 1.165) is 0 Å². The average molecular weight is 158 g/mol. The lowest BCUT2D eigenvalue weighted by Crippen LogP contribution is -2.26. The van der Waals surface area contributed by atoms with E-state index in [2.05, 4.69) is 4.74 Å². The Bertz CT molecular complexity index is 161. The number of ketones is 1. The first-order valence-electron chi connectivity index (χ1n) is 3.66. The van der Waals surface area contributed by atoms with Crippen LogP contribution in [0.2, 0.25) is 0 Å². The largest absolute Gasteiger partial charge is 0.455 e. The highest BCUT2D eigenvalue weighted by molar-refractivity contribution is 5.86. The first-order valence-corrected chi connectivity index (χ1v) is 3.66. The van der Waals surface area contributed by atoms with Crippen molar-refractivity contribution in [2.45, 2.75) is 33.8 Å². The Labute approximate surface area is 66.7 Å². The van der Waals surface area contributed by atoms with Gasteiger partial charge in [-0.1, -0.05) is 13.8 Å². The third-order valence-electron chi connectivity index (χ3n) is 1.31. The van der Waals surface area contributed by atoms with Crippen molar-refractivity contribution in [3.8, 4) is 0 Å². The number of esters is 1. The second-order valence-electron chi connectivity index (χ2n) is 2.81. The van der Waals surface area contributed by atoms with Crippen molar-refractivity contribution in [2.75, 3.05) is 0 Å². The van der Waals surface area contributed by atoms with Gasteiger partial charge in [0.2, 0.25) is 0 Å². The minimum Gasteiger partial charge on any atom is -0.455 e. The van der Waals surface area contributed by atoms with E-state index in [9.17, 15) is 9.59 Å². The third-order valence-corrected chi connectivity index (χ3v) is 1.31. The maximum absolute atomic E-state index is 11.1. The summed E-state index contributed by atoms with van der Waals surface area (Å²) in [7, 11) is 0. The molecule has 64 valence electrons. The lowest BCUT2D eigenvalue weighted by Gasteiger charge is -2.12. The van der Waals surface area contributed by atoms with Crippen LogP contribution in [0, 0.1) is 5.92 Å². The molecule has 0 aliphatic carbocycles. The fourth-order valence-electron chi connectivity index (χ4n) is 0.776. The van der Waals surface area contributed by atoms with Crippen molar-refractivity contribution >= 4 is 11.8 Å². The van der Waals surface area contributed by atoms with Crippen molar-refractivity contribution in [3.05, 3.63) is 0 Å². The lowest BCUT2D eigenvalue weighted by atomic mass is 10.1. The second-order valence-corrected chi connectivity index (χ2v) is 2.81. The van der Waals surface area contributed by atoms with E-state index >= 15 is 0 Å². The van der Waals surface area contributed by atoms with E-state index in [1.807, 2.05) is 0 Å². The SMILES string of the molecule is CC(=O)O[C@@H](C)C(=O)C(C)C. The van der Waals surface area contributed by atoms with Crippen LogP contribution in [0.25, 0.3) is 0 Å². The molecule has 3 heteroatoms. The maximum atomic E-state index is 11.1. The van der Waals surface area contributed by atoms with E-state index in [4.69, 9.17) is 0 Å². The summed E-state index contributed by atoms with van der Waals surface area (Å²) >= 11 is 0. The van der Waals surface area contributed by atoms with Gasteiger partial charge in [-0.3, -0.25) is 9.59 Å². The van der Waals surface area contributed by atoms with Crippen molar-refractivity contribution in [1.29, 1.82) is 0 Å². The maximum Gasteiger partial charge on any atom is 0.303 e. The molecular weight excluding hydrogens is 144 g/mol. The van der Waals surface area contributed by atoms with Gasteiger partial charge < -0.3 is 4.74 Å². The Morgan fingerprint density at radius 2 is 1.64 bits per heavy atom. The van der Waals surface area contributed by atoms with E-state index in [1.165, 1.54) is 6.92 Å². The average Bonchev–Trinajstić information content (AvgIpc) is 1.84. The highest BCUT2D eigenvalue weighted by atomic mass is 16.5. The molecule has 0 aliphatic heterocycles. The van der Waals surface area contributed by atoms with Gasteiger partial charge in [0.1, 0.15) is 0 Å². The predicted octanol–water partition coefficient (Wildman–Crippen LogP) is 1.16. The van der Waals surface area contributed by atoms with Crippen molar-refractivity contribution in [1.82, 2.24) is 0 Å². The van der Waals surface area contributed by atoms with Crippen LogP contribution in [-0.2, 0) is 14.3 Å². The Balaban J connectivity index is 3.93. The molecule has 0 N–H and O–H groups in total.